The van der Waals surface area contributed by atoms with Crippen molar-refractivity contribution in [2.24, 2.45) is 0 Å². The highest BCUT2D eigenvalue weighted by molar-refractivity contribution is 7.80. The fourth-order valence-corrected chi connectivity index (χ4v) is 0.428. The summed E-state index contributed by atoms with van der Waals surface area (Å²) < 4.78 is 29.7. The van der Waals surface area contributed by atoms with Crippen molar-refractivity contribution in [3.8, 4) is 5.75 Å². The van der Waals surface area contributed by atoms with Crippen LogP contribution in [-0.2, 0) is 14.6 Å². The van der Waals surface area contributed by atoms with Crippen molar-refractivity contribution in [2.75, 3.05) is 7.11 Å². The van der Waals surface area contributed by atoms with Crippen molar-refractivity contribution in [1.82, 2.24) is 0 Å². The van der Waals surface area contributed by atoms with Crippen LogP contribution in [0.25, 0.3) is 0 Å². The summed E-state index contributed by atoms with van der Waals surface area (Å²) >= 11 is 0. The Morgan fingerprint density at radius 1 is 1.23 bits per heavy atom. The van der Waals surface area contributed by atoms with E-state index in [-0.39, 0.29) is 0 Å². The molecule has 1 rings (SSSR count). The van der Waals surface area contributed by atoms with Crippen molar-refractivity contribution in [3.63, 3.8) is 0 Å². The SMILES string of the molecule is COS(=O)(=O)O.Oc1ccccc1. The lowest BCUT2D eigenvalue weighted by Gasteiger charge is -1.82. The largest absolute Gasteiger partial charge is 0.508 e. The molecule has 2 N–H and O–H groups in total. The summed E-state index contributed by atoms with van der Waals surface area (Å²) in [4.78, 5) is 0. The Bertz CT molecular complexity index is 318. The molecule has 0 aromatic heterocycles. The summed E-state index contributed by atoms with van der Waals surface area (Å²) in [5.41, 5.74) is 0. The van der Waals surface area contributed by atoms with Gasteiger partial charge >= 0.3 is 10.4 Å². The Hall–Kier alpha value is -1.11. The van der Waals surface area contributed by atoms with Gasteiger partial charge in [-0.3, -0.25) is 8.74 Å². The van der Waals surface area contributed by atoms with Crippen LogP contribution in [0.1, 0.15) is 0 Å². The van der Waals surface area contributed by atoms with Crippen LogP contribution in [0, 0.1) is 0 Å². The zero-order chi connectivity index (χ0) is 10.3. The molecule has 1 aromatic carbocycles. The van der Waals surface area contributed by atoms with Crippen LogP contribution in [0.5, 0.6) is 5.75 Å². The Morgan fingerprint density at radius 3 is 1.77 bits per heavy atom. The lowest BCUT2D eigenvalue weighted by Crippen LogP contribution is -1.96. The van der Waals surface area contributed by atoms with E-state index in [9.17, 15) is 8.42 Å². The van der Waals surface area contributed by atoms with Crippen LogP contribution in [0.4, 0.5) is 0 Å². The first-order chi connectivity index (χ1) is 5.95. The molecule has 0 atom stereocenters. The second-order valence-corrected chi connectivity index (χ2v) is 3.12. The third-order valence-corrected chi connectivity index (χ3v) is 1.39. The molecule has 0 aliphatic heterocycles. The minimum absolute atomic E-state index is 0.322. The minimum atomic E-state index is -4.16. The van der Waals surface area contributed by atoms with E-state index in [0.717, 1.165) is 7.11 Å². The Balaban J connectivity index is 0.000000226. The molecule has 6 heteroatoms. The number of phenols is 1. The first kappa shape index (κ1) is 11.9. The number of phenolic OH excluding ortho intramolecular Hbond substituents is 1. The topological polar surface area (TPSA) is 83.8 Å². The quantitative estimate of drug-likeness (QED) is 0.665. The summed E-state index contributed by atoms with van der Waals surface area (Å²) in [7, 11) is -3.29. The van der Waals surface area contributed by atoms with Gasteiger partial charge in [-0.2, -0.15) is 8.42 Å². The summed E-state index contributed by atoms with van der Waals surface area (Å²) in [5.74, 6) is 0.322. The maximum Gasteiger partial charge on any atom is 0.397 e. The number of rotatable bonds is 1. The Labute approximate surface area is 76.5 Å². The van der Waals surface area contributed by atoms with Gasteiger partial charge in [-0.15, -0.1) is 0 Å². The van der Waals surface area contributed by atoms with E-state index in [1.54, 1.807) is 24.3 Å². The van der Waals surface area contributed by atoms with Crippen molar-refractivity contribution in [3.05, 3.63) is 30.3 Å². The molecule has 13 heavy (non-hydrogen) atoms. The van der Waals surface area contributed by atoms with Crippen LogP contribution in [0.15, 0.2) is 30.3 Å². The molecule has 0 amide bonds. The molecular weight excluding hydrogens is 196 g/mol. The third kappa shape index (κ3) is 8.80. The number of hydrogen-bond donors (Lipinski definition) is 2. The maximum absolute atomic E-state index is 9.33. The first-order valence-corrected chi connectivity index (χ1v) is 4.59. The number of para-hydroxylation sites is 1. The molecule has 0 fully saturated rings. The van der Waals surface area contributed by atoms with E-state index in [0.29, 0.717) is 5.75 Å². The summed E-state index contributed by atoms with van der Waals surface area (Å²) in [6.07, 6.45) is 0. The molecule has 0 radical (unpaired) electrons. The van der Waals surface area contributed by atoms with Gasteiger partial charge in [0, 0.05) is 0 Å². The molecule has 0 unspecified atom stereocenters. The van der Waals surface area contributed by atoms with E-state index in [1.807, 2.05) is 6.07 Å². The fourth-order valence-electron chi connectivity index (χ4n) is 0.428. The molecular formula is C7H10O5S. The molecule has 0 aliphatic carbocycles. The van der Waals surface area contributed by atoms with Gasteiger partial charge in [0.15, 0.2) is 0 Å². The molecule has 5 nitrogen and oxygen atoms in total. The summed E-state index contributed by atoms with van der Waals surface area (Å²) in [5, 5.41) is 8.63. The number of hydrogen-bond acceptors (Lipinski definition) is 4. The van der Waals surface area contributed by atoms with Gasteiger partial charge in [-0.05, 0) is 12.1 Å². The molecule has 0 heterocycles. The zero-order valence-electron chi connectivity index (χ0n) is 6.91. The van der Waals surface area contributed by atoms with E-state index in [1.165, 1.54) is 0 Å². The third-order valence-electron chi connectivity index (χ3n) is 0.967. The molecule has 0 saturated carbocycles. The van der Waals surface area contributed by atoms with Gasteiger partial charge in [-0.1, -0.05) is 18.2 Å². The molecule has 74 valence electrons. The fraction of sp³-hybridized carbons (Fsp3) is 0.143. The van der Waals surface area contributed by atoms with Gasteiger partial charge in [0.2, 0.25) is 0 Å². The summed E-state index contributed by atoms with van der Waals surface area (Å²) in [6, 6.07) is 8.71. The van der Waals surface area contributed by atoms with Crippen LogP contribution in [0.3, 0.4) is 0 Å². The van der Waals surface area contributed by atoms with Crippen molar-refractivity contribution >= 4 is 10.4 Å². The van der Waals surface area contributed by atoms with E-state index in [2.05, 4.69) is 4.18 Å². The molecule has 0 bridgehead atoms. The van der Waals surface area contributed by atoms with Crippen molar-refractivity contribution in [1.29, 1.82) is 0 Å². The van der Waals surface area contributed by atoms with Crippen LogP contribution in [0.2, 0.25) is 0 Å². The maximum atomic E-state index is 9.33. The highest BCUT2D eigenvalue weighted by atomic mass is 32.3. The lowest BCUT2D eigenvalue weighted by atomic mass is 10.3. The van der Waals surface area contributed by atoms with E-state index in [4.69, 9.17) is 9.66 Å². The molecule has 1 aromatic rings. The lowest BCUT2D eigenvalue weighted by molar-refractivity contribution is 0.324. The van der Waals surface area contributed by atoms with E-state index >= 15 is 0 Å². The molecule has 0 aliphatic rings. The first-order valence-electron chi connectivity index (χ1n) is 3.23. The number of aromatic hydroxyl groups is 1. The smallest absolute Gasteiger partial charge is 0.397 e. The van der Waals surface area contributed by atoms with Gasteiger partial charge in [0.1, 0.15) is 5.75 Å². The highest BCUT2D eigenvalue weighted by Crippen LogP contribution is 2.02. The van der Waals surface area contributed by atoms with E-state index < -0.39 is 10.4 Å². The minimum Gasteiger partial charge on any atom is -0.508 e. The second-order valence-electron chi connectivity index (χ2n) is 1.93. The molecule has 0 saturated heterocycles. The predicted octanol–water partition coefficient (Wildman–Crippen LogP) is 0.828. The highest BCUT2D eigenvalue weighted by Gasteiger charge is 1.94. The molecule has 0 spiro atoms. The van der Waals surface area contributed by atoms with Crippen LogP contribution >= 0.6 is 0 Å². The monoisotopic (exact) mass is 206 g/mol. The standard InChI is InChI=1S/C6H6O.CH4O4S/c7-6-4-2-1-3-5-6;1-5-6(2,3)4/h1-5,7H;1H3,(H,2,3,4). The predicted molar refractivity (Wildman–Crippen MR) is 46.7 cm³/mol. The average Bonchev–Trinajstić information content (AvgIpc) is 2.06. The van der Waals surface area contributed by atoms with Crippen LogP contribution in [-0.4, -0.2) is 25.2 Å². The average molecular weight is 206 g/mol. The Morgan fingerprint density at radius 2 is 1.62 bits per heavy atom. The van der Waals surface area contributed by atoms with Gasteiger partial charge in [0.05, 0.1) is 7.11 Å². The van der Waals surface area contributed by atoms with Gasteiger partial charge < -0.3 is 5.11 Å². The normalized spacial score (nSPS) is 10.0. The zero-order valence-corrected chi connectivity index (χ0v) is 7.73. The van der Waals surface area contributed by atoms with Gasteiger partial charge in [-0.25, -0.2) is 0 Å². The second kappa shape index (κ2) is 5.52. The summed E-state index contributed by atoms with van der Waals surface area (Å²) in [6.45, 7) is 0. The van der Waals surface area contributed by atoms with Crippen molar-refractivity contribution in [2.45, 2.75) is 0 Å². The van der Waals surface area contributed by atoms with Crippen LogP contribution < -0.4 is 0 Å². The van der Waals surface area contributed by atoms with Crippen molar-refractivity contribution < 1.29 is 22.3 Å². The van der Waals surface area contributed by atoms with Gasteiger partial charge in [0.25, 0.3) is 0 Å². The Kier molecular flexibility index (Phi) is 5.05. The number of benzene rings is 1.